The minimum absolute atomic E-state index is 0.161. The Kier molecular flexibility index (Phi) is 4.90. The van der Waals surface area contributed by atoms with Gasteiger partial charge in [0, 0.05) is 19.9 Å². The van der Waals surface area contributed by atoms with Crippen LogP contribution in [0.5, 0.6) is 0 Å². The van der Waals surface area contributed by atoms with Crippen molar-refractivity contribution in [2.75, 3.05) is 13.7 Å². The molecule has 17 heavy (non-hydrogen) atoms. The van der Waals surface area contributed by atoms with Crippen LogP contribution in [0, 0.1) is 0 Å². The number of Topliss-reactive ketones (excluding diaryl/α,β-unsaturated/α-hetero) is 1. The molecule has 0 saturated heterocycles. The van der Waals surface area contributed by atoms with E-state index in [0.717, 1.165) is 5.56 Å². The number of carbonyl (C=O) groups is 2. The van der Waals surface area contributed by atoms with Gasteiger partial charge in [-0.1, -0.05) is 13.8 Å². The molecule has 0 radical (unpaired) electrons. The quantitative estimate of drug-likeness (QED) is 0.446. The number of hydrogen-bond donors (Lipinski definition) is 0. The number of halogens is 1. The van der Waals surface area contributed by atoms with Gasteiger partial charge in [-0.05, 0) is 29.1 Å². The molecule has 0 atom stereocenters. The van der Waals surface area contributed by atoms with Crippen molar-refractivity contribution in [3.05, 3.63) is 23.5 Å². The number of ketones is 1. The highest BCUT2D eigenvalue weighted by Gasteiger charge is 2.23. The third-order valence-electron chi connectivity index (χ3n) is 2.55. The first-order valence-corrected chi connectivity index (χ1v) is 5.79. The molecule has 0 aromatic carbocycles. The molecule has 1 aromatic heterocycles. The molecule has 0 N–H and O–H groups in total. The minimum Gasteiger partial charge on any atom is -0.383 e. The second kappa shape index (κ2) is 5.98. The van der Waals surface area contributed by atoms with E-state index in [9.17, 15) is 9.59 Å². The van der Waals surface area contributed by atoms with Gasteiger partial charge in [0.05, 0.1) is 12.3 Å². The first kappa shape index (κ1) is 13.9. The Morgan fingerprint density at radius 2 is 2.12 bits per heavy atom. The molecule has 0 fully saturated rings. The van der Waals surface area contributed by atoms with E-state index in [1.807, 2.05) is 19.9 Å². The first-order valence-electron chi connectivity index (χ1n) is 5.41. The number of ether oxygens (including phenoxy) is 1. The van der Waals surface area contributed by atoms with E-state index >= 15 is 0 Å². The Morgan fingerprint density at radius 1 is 1.47 bits per heavy atom. The lowest BCUT2D eigenvalue weighted by atomic mass is 10.0. The maximum Gasteiger partial charge on any atom is 0.294 e. The van der Waals surface area contributed by atoms with E-state index in [-0.39, 0.29) is 5.92 Å². The summed E-state index contributed by atoms with van der Waals surface area (Å²) in [5.74, 6) is -0.495. The molecule has 5 heteroatoms. The largest absolute Gasteiger partial charge is 0.383 e. The summed E-state index contributed by atoms with van der Waals surface area (Å²) < 4.78 is 6.67. The highest BCUT2D eigenvalue weighted by molar-refractivity contribution is 6.83. The van der Waals surface area contributed by atoms with E-state index in [4.69, 9.17) is 16.3 Å². The zero-order valence-electron chi connectivity index (χ0n) is 10.2. The summed E-state index contributed by atoms with van der Waals surface area (Å²) >= 11 is 5.27. The van der Waals surface area contributed by atoms with Crippen molar-refractivity contribution in [1.29, 1.82) is 0 Å². The van der Waals surface area contributed by atoms with Crippen molar-refractivity contribution in [2.24, 2.45) is 0 Å². The predicted octanol–water partition coefficient (Wildman–Crippen LogP) is 2.21. The fraction of sp³-hybridized carbons (Fsp3) is 0.500. The zero-order valence-corrected chi connectivity index (χ0v) is 11.0. The lowest BCUT2D eigenvalue weighted by Gasteiger charge is -2.10. The zero-order chi connectivity index (χ0) is 13.0. The van der Waals surface area contributed by atoms with E-state index in [1.54, 1.807) is 17.9 Å². The minimum atomic E-state index is -0.954. The van der Waals surface area contributed by atoms with Crippen molar-refractivity contribution in [3.8, 4) is 0 Å². The Hall–Kier alpha value is -1.13. The summed E-state index contributed by atoms with van der Waals surface area (Å²) in [6.45, 7) is 4.92. The summed E-state index contributed by atoms with van der Waals surface area (Å²) in [4.78, 5) is 22.8. The topological polar surface area (TPSA) is 48.3 Å². The van der Waals surface area contributed by atoms with Crippen LogP contribution in [0.25, 0.3) is 0 Å². The molecule has 0 unspecified atom stereocenters. The van der Waals surface area contributed by atoms with E-state index in [0.29, 0.717) is 18.8 Å². The molecule has 1 aromatic rings. The van der Waals surface area contributed by atoms with Gasteiger partial charge >= 0.3 is 0 Å². The molecule has 0 aliphatic heterocycles. The number of hydrogen-bond acceptors (Lipinski definition) is 3. The summed E-state index contributed by atoms with van der Waals surface area (Å²) in [5.41, 5.74) is 1.21. The van der Waals surface area contributed by atoms with Crippen LogP contribution in [0.1, 0.15) is 35.8 Å². The number of methoxy groups -OCH3 is 1. The van der Waals surface area contributed by atoms with Crippen molar-refractivity contribution < 1.29 is 14.3 Å². The molecule has 94 valence electrons. The second-order valence-electron chi connectivity index (χ2n) is 4.06. The molecule has 0 saturated carbocycles. The van der Waals surface area contributed by atoms with Crippen LogP contribution in [-0.2, 0) is 16.1 Å². The molecule has 0 bridgehead atoms. The van der Waals surface area contributed by atoms with Crippen molar-refractivity contribution >= 4 is 22.6 Å². The van der Waals surface area contributed by atoms with Gasteiger partial charge < -0.3 is 9.30 Å². The van der Waals surface area contributed by atoms with E-state index < -0.39 is 11.0 Å². The fourth-order valence-corrected chi connectivity index (χ4v) is 1.78. The van der Waals surface area contributed by atoms with Gasteiger partial charge in [-0.2, -0.15) is 0 Å². The van der Waals surface area contributed by atoms with Crippen molar-refractivity contribution in [2.45, 2.75) is 26.3 Å². The van der Waals surface area contributed by atoms with Gasteiger partial charge in [-0.3, -0.25) is 9.59 Å². The van der Waals surface area contributed by atoms with Gasteiger partial charge in [0.2, 0.25) is 0 Å². The predicted molar refractivity (Wildman–Crippen MR) is 65.6 cm³/mol. The number of carbonyl (C=O) groups excluding carboxylic acids is 2. The Balaban J connectivity index is 3.14. The highest BCUT2D eigenvalue weighted by Crippen LogP contribution is 2.22. The Labute approximate surface area is 106 Å². The monoisotopic (exact) mass is 257 g/mol. The second-order valence-corrected chi connectivity index (χ2v) is 4.41. The molecule has 0 aliphatic carbocycles. The average Bonchev–Trinajstić information content (AvgIpc) is 2.68. The van der Waals surface area contributed by atoms with Gasteiger partial charge in [-0.15, -0.1) is 0 Å². The lowest BCUT2D eigenvalue weighted by molar-refractivity contribution is -0.108. The lowest BCUT2D eigenvalue weighted by Crippen LogP contribution is -2.18. The number of rotatable bonds is 6. The van der Waals surface area contributed by atoms with Gasteiger partial charge in [0.25, 0.3) is 11.0 Å². The van der Waals surface area contributed by atoms with Crippen molar-refractivity contribution in [3.63, 3.8) is 0 Å². The molecule has 4 nitrogen and oxygen atoms in total. The average molecular weight is 258 g/mol. The number of nitrogens with zero attached hydrogens (tertiary/aromatic N) is 1. The van der Waals surface area contributed by atoms with E-state index in [2.05, 4.69) is 0 Å². The van der Waals surface area contributed by atoms with Crippen LogP contribution < -0.4 is 0 Å². The highest BCUT2D eigenvalue weighted by atomic mass is 35.5. The summed E-state index contributed by atoms with van der Waals surface area (Å²) in [6.07, 6.45) is 1.78. The fourth-order valence-electron chi connectivity index (χ4n) is 1.69. The smallest absolute Gasteiger partial charge is 0.294 e. The first-order chi connectivity index (χ1) is 7.99. The van der Waals surface area contributed by atoms with Gasteiger partial charge in [-0.25, -0.2) is 0 Å². The number of aromatic nitrogens is 1. The SMILES string of the molecule is COCCn1ccc(C(C)C)c1C(=O)C(=O)Cl. The van der Waals surface area contributed by atoms with Crippen LogP contribution in [0.4, 0.5) is 0 Å². The summed E-state index contributed by atoms with van der Waals surface area (Å²) in [6, 6.07) is 1.84. The normalized spacial score (nSPS) is 10.9. The standard InChI is InChI=1S/C12H16ClNO3/c1-8(2)9-4-5-14(6-7-17-3)10(9)11(15)12(13)16/h4-5,8H,6-7H2,1-3H3. The van der Waals surface area contributed by atoms with Crippen LogP contribution in [0.2, 0.25) is 0 Å². The third kappa shape index (κ3) is 3.17. The molecule has 1 heterocycles. The molecule has 0 spiro atoms. The summed E-state index contributed by atoms with van der Waals surface area (Å²) in [7, 11) is 1.58. The third-order valence-corrected chi connectivity index (χ3v) is 2.72. The van der Waals surface area contributed by atoms with Crippen molar-refractivity contribution in [1.82, 2.24) is 4.57 Å². The van der Waals surface area contributed by atoms with Crippen LogP contribution >= 0.6 is 11.6 Å². The molecule has 0 amide bonds. The molecule has 0 aliphatic rings. The molecular weight excluding hydrogens is 242 g/mol. The Bertz CT molecular complexity index is 423. The van der Waals surface area contributed by atoms with Gasteiger partial charge in [0.1, 0.15) is 0 Å². The molecular formula is C12H16ClNO3. The Morgan fingerprint density at radius 3 is 2.59 bits per heavy atom. The maximum atomic E-state index is 11.8. The molecule has 1 rings (SSSR count). The summed E-state index contributed by atoms with van der Waals surface area (Å²) in [5, 5.41) is -0.954. The van der Waals surface area contributed by atoms with E-state index in [1.165, 1.54) is 0 Å². The maximum absolute atomic E-state index is 11.8. The van der Waals surface area contributed by atoms with Gasteiger partial charge in [0.15, 0.2) is 0 Å². The van der Waals surface area contributed by atoms with Crippen LogP contribution in [0.3, 0.4) is 0 Å². The van der Waals surface area contributed by atoms with Crippen LogP contribution in [-0.4, -0.2) is 29.3 Å². The van der Waals surface area contributed by atoms with Crippen LogP contribution in [0.15, 0.2) is 12.3 Å².